The first kappa shape index (κ1) is 19.9. The van der Waals surface area contributed by atoms with E-state index in [4.69, 9.17) is 4.74 Å². The summed E-state index contributed by atoms with van der Waals surface area (Å²) in [5, 5.41) is 0.304. The van der Waals surface area contributed by atoms with E-state index in [-0.39, 0.29) is 40.9 Å². The number of benzene rings is 2. The fourth-order valence-electron chi connectivity index (χ4n) is 3.55. The maximum atomic E-state index is 13.1. The van der Waals surface area contributed by atoms with Crippen LogP contribution in [-0.4, -0.2) is 49.4 Å². The minimum atomic E-state index is -3.14. The van der Waals surface area contributed by atoms with Gasteiger partial charge in [0.2, 0.25) is 0 Å². The number of fused-ring (bicyclic) bond motifs is 1. The monoisotopic (exact) mass is 434 g/mol. The molecule has 2 saturated heterocycles. The number of thioether (sulfide) groups is 1. The van der Waals surface area contributed by atoms with Crippen molar-refractivity contribution in [3.63, 3.8) is 0 Å². The number of nitrogens with zero attached hydrogens (tertiary/aromatic N) is 2. The van der Waals surface area contributed by atoms with E-state index in [0.717, 1.165) is 5.69 Å². The van der Waals surface area contributed by atoms with Gasteiger partial charge in [-0.25, -0.2) is 12.8 Å². The van der Waals surface area contributed by atoms with E-state index in [2.05, 4.69) is 4.99 Å². The fourth-order valence-corrected chi connectivity index (χ4v) is 7.48. The number of sulfone groups is 1. The highest BCUT2D eigenvalue weighted by atomic mass is 32.2. The van der Waals surface area contributed by atoms with Gasteiger partial charge in [0, 0.05) is 17.0 Å². The molecule has 0 radical (unpaired) electrons. The molecule has 29 heavy (non-hydrogen) atoms. The lowest BCUT2D eigenvalue weighted by Gasteiger charge is -2.24. The molecule has 0 bridgehead atoms. The quantitative estimate of drug-likeness (QED) is 0.737. The van der Waals surface area contributed by atoms with Gasteiger partial charge in [0.15, 0.2) is 15.0 Å². The summed E-state index contributed by atoms with van der Waals surface area (Å²) in [5.74, 6) is -0.0122. The molecule has 0 N–H and O–H groups in total. The van der Waals surface area contributed by atoms with Crippen LogP contribution in [-0.2, 0) is 21.1 Å². The third kappa shape index (κ3) is 4.30. The molecule has 0 saturated carbocycles. The lowest BCUT2D eigenvalue weighted by atomic mass is 10.1. The Kier molecular flexibility index (Phi) is 5.35. The number of anilines is 1. The van der Waals surface area contributed by atoms with Gasteiger partial charge in [-0.1, -0.05) is 30.0 Å². The van der Waals surface area contributed by atoms with Crippen LogP contribution >= 0.6 is 11.8 Å². The van der Waals surface area contributed by atoms with Crippen LogP contribution in [0.3, 0.4) is 0 Å². The van der Waals surface area contributed by atoms with E-state index in [1.54, 1.807) is 31.4 Å². The Balaban J connectivity index is 1.64. The first-order valence-electron chi connectivity index (χ1n) is 9.01. The van der Waals surface area contributed by atoms with Crippen molar-refractivity contribution in [3.05, 3.63) is 59.9 Å². The maximum Gasteiger partial charge on any atom is 0.252 e. The molecule has 2 aromatic rings. The zero-order valence-electron chi connectivity index (χ0n) is 15.6. The Labute approximate surface area is 172 Å². The number of rotatable bonds is 4. The van der Waals surface area contributed by atoms with E-state index >= 15 is 0 Å². The molecule has 2 aliphatic heterocycles. The smallest absolute Gasteiger partial charge is 0.252 e. The van der Waals surface area contributed by atoms with Gasteiger partial charge in [0.1, 0.15) is 11.6 Å². The van der Waals surface area contributed by atoms with Gasteiger partial charge in [0.05, 0.1) is 31.1 Å². The van der Waals surface area contributed by atoms with E-state index in [9.17, 15) is 17.6 Å². The van der Waals surface area contributed by atoms with Gasteiger partial charge in [0.25, 0.3) is 5.91 Å². The van der Waals surface area contributed by atoms with Crippen molar-refractivity contribution in [1.82, 2.24) is 0 Å². The van der Waals surface area contributed by atoms with Crippen molar-refractivity contribution in [3.8, 4) is 5.75 Å². The molecule has 2 heterocycles. The minimum absolute atomic E-state index is 0.0209. The Morgan fingerprint density at radius 2 is 2.00 bits per heavy atom. The molecule has 6 nitrogen and oxygen atoms in total. The first-order chi connectivity index (χ1) is 13.8. The summed E-state index contributed by atoms with van der Waals surface area (Å²) < 4.78 is 42.6. The van der Waals surface area contributed by atoms with Crippen molar-refractivity contribution in [2.45, 2.75) is 17.7 Å². The number of amides is 1. The molecule has 152 valence electrons. The normalized spacial score (nSPS) is 23.9. The molecule has 0 spiro atoms. The average Bonchev–Trinajstić information content (AvgIpc) is 3.14. The SMILES string of the molecule is COc1cccc(N2C(=NC(=O)Cc3ccc(F)cc3)S[C@H]3CS(=O)(=O)C[C@H]32)c1. The predicted molar refractivity (Wildman–Crippen MR) is 112 cm³/mol. The highest BCUT2D eigenvalue weighted by Crippen LogP contribution is 2.41. The Morgan fingerprint density at radius 1 is 1.24 bits per heavy atom. The average molecular weight is 435 g/mol. The summed E-state index contributed by atoms with van der Waals surface area (Å²) in [4.78, 5) is 18.6. The van der Waals surface area contributed by atoms with Crippen LogP contribution in [0.1, 0.15) is 5.56 Å². The number of halogens is 1. The van der Waals surface area contributed by atoms with Crippen molar-refractivity contribution in [2.75, 3.05) is 23.5 Å². The summed E-state index contributed by atoms with van der Waals surface area (Å²) in [6, 6.07) is 12.7. The van der Waals surface area contributed by atoms with Crippen LogP contribution in [0.5, 0.6) is 5.75 Å². The molecular weight excluding hydrogens is 415 g/mol. The number of carbonyl (C=O) groups is 1. The highest BCUT2D eigenvalue weighted by Gasteiger charge is 2.49. The summed E-state index contributed by atoms with van der Waals surface area (Å²) in [7, 11) is -1.58. The zero-order chi connectivity index (χ0) is 20.6. The second-order valence-electron chi connectivity index (χ2n) is 6.96. The van der Waals surface area contributed by atoms with Gasteiger partial charge in [-0.05, 0) is 29.8 Å². The zero-order valence-corrected chi connectivity index (χ0v) is 17.2. The molecular formula is C20H19FN2O4S2. The van der Waals surface area contributed by atoms with Gasteiger partial charge < -0.3 is 9.64 Å². The standard InChI is InChI=1S/C20H19FN2O4S2/c1-27-16-4-2-3-15(10-16)23-17-11-29(25,26)12-18(17)28-20(23)22-19(24)9-13-5-7-14(21)8-6-13/h2-8,10,17-18H,9,11-12H2,1H3/t17-,18+/m1/s1. The molecule has 2 aromatic carbocycles. The maximum absolute atomic E-state index is 13.1. The third-order valence-corrected chi connectivity index (χ3v) is 8.10. The number of methoxy groups -OCH3 is 1. The molecule has 0 aliphatic carbocycles. The lowest BCUT2D eigenvalue weighted by molar-refractivity contribution is -0.117. The largest absolute Gasteiger partial charge is 0.497 e. The molecule has 2 aliphatic rings. The molecule has 2 fully saturated rings. The van der Waals surface area contributed by atoms with Crippen LogP contribution in [0.4, 0.5) is 10.1 Å². The number of hydrogen-bond donors (Lipinski definition) is 0. The molecule has 4 rings (SSSR count). The van der Waals surface area contributed by atoms with Crippen molar-refractivity contribution < 1.29 is 22.3 Å². The van der Waals surface area contributed by atoms with Crippen LogP contribution in [0.15, 0.2) is 53.5 Å². The van der Waals surface area contributed by atoms with Gasteiger partial charge in [-0.15, -0.1) is 0 Å². The summed E-state index contributed by atoms with van der Waals surface area (Å²) in [6.07, 6.45) is 0.0456. The van der Waals surface area contributed by atoms with Crippen LogP contribution in [0.2, 0.25) is 0 Å². The van der Waals surface area contributed by atoms with Crippen molar-refractivity contribution in [1.29, 1.82) is 0 Å². The van der Waals surface area contributed by atoms with E-state index < -0.39 is 9.84 Å². The third-order valence-electron chi connectivity index (χ3n) is 4.89. The van der Waals surface area contributed by atoms with Crippen LogP contribution < -0.4 is 9.64 Å². The van der Waals surface area contributed by atoms with E-state index in [0.29, 0.717) is 16.5 Å². The molecule has 1 amide bonds. The van der Waals surface area contributed by atoms with Gasteiger partial charge >= 0.3 is 0 Å². The Morgan fingerprint density at radius 3 is 2.72 bits per heavy atom. The predicted octanol–water partition coefficient (Wildman–Crippen LogP) is 2.68. The number of amidine groups is 1. The lowest BCUT2D eigenvalue weighted by Crippen LogP contribution is -2.37. The topological polar surface area (TPSA) is 76.0 Å². The van der Waals surface area contributed by atoms with Crippen LogP contribution in [0.25, 0.3) is 0 Å². The summed E-state index contributed by atoms with van der Waals surface area (Å²) in [6.45, 7) is 0. The fraction of sp³-hybridized carbons (Fsp3) is 0.300. The van der Waals surface area contributed by atoms with E-state index in [1.165, 1.54) is 23.9 Å². The number of carbonyl (C=O) groups excluding carboxylic acids is 1. The van der Waals surface area contributed by atoms with Crippen molar-refractivity contribution in [2.24, 2.45) is 4.99 Å². The first-order valence-corrected chi connectivity index (χ1v) is 11.7. The minimum Gasteiger partial charge on any atom is -0.497 e. The van der Waals surface area contributed by atoms with E-state index in [1.807, 2.05) is 17.0 Å². The molecule has 0 aromatic heterocycles. The summed E-state index contributed by atoms with van der Waals surface area (Å²) in [5.41, 5.74) is 1.40. The Hall–Kier alpha value is -2.39. The molecule has 0 unspecified atom stereocenters. The van der Waals surface area contributed by atoms with Gasteiger partial charge in [-0.2, -0.15) is 4.99 Å². The Bertz CT molecular complexity index is 1070. The molecule has 2 atom stereocenters. The summed E-state index contributed by atoms with van der Waals surface area (Å²) >= 11 is 1.32. The number of hydrogen-bond acceptors (Lipinski definition) is 5. The van der Waals surface area contributed by atoms with Crippen molar-refractivity contribution >= 4 is 38.4 Å². The number of ether oxygens (including phenoxy) is 1. The van der Waals surface area contributed by atoms with Gasteiger partial charge in [-0.3, -0.25) is 4.79 Å². The second kappa shape index (κ2) is 7.79. The molecule has 9 heteroatoms. The number of aliphatic imine (C=N–C) groups is 1. The highest BCUT2D eigenvalue weighted by molar-refractivity contribution is 8.16. The van der Waals surface area contributed by atoms with Crippen LogP contribution in [0, 0.1) is 5.82 Å². The second-order valence-corrected chi connectivity index (χ2v) is 10.3.